The summed E-state index contributed by atoms with van der Waals surface area (Å²) in [6.45, 7) is 1.61. The number of nitrogens with zero attached hydrogens (tertiary/aromatic N) is 2. The highest BCUT2D eigenvalue weighted by Crippen LogP contribution is 2.29. The first-order valence-electron chi connectivity index (χ1n) is 10.2. The Hall–Kier alpha value is -4.00. The van der Waals surface area contributed by atoms with Crippen LogP contribution in [0.5, 0.6) is 0 Å². The molecule has 0 aliphatic carbocycles. The lowest BCUT2D eigenvalue weighted by molar-refractivity contribution is 0.101. The third-order valence-corrected chi connectivity index (χ3v) is 6.34. The second kappa shape index (κ2) is 9.33. The van der Waals surface area contributed by atoms with Crippen molar-refractivity contribution >= 4 is 38.3 Å². The van der Waals surface area contributed by atoms with Crippen LogP contribution in [0.4, 0.5) is 28.9 Å². The normalized spacial score (nSPS) is 11.6. The first kappa shape index (κ1) is 24.1. The van der Waals surface area contributed by atoms with Crippen LogP contribution in [0.3, 0.4) is 0 Å². The van der Waals surface area contributed by atoms with Crippen molar-refractivity contribution in [2.24, 2.45) is 0 Å². The van der Waals surface area contributed by atoms with Gasteiger partial charge in [-0.3, -0.25) is 14.6 Å². The van der Waals surface area contributed by atoms with Crippen LogP contribution in [0.1, 0.15) is 23.7 Å². The second-order valence-electron chi connectivity index (χ2n) is 7.51. The van der Waals surface area contributed by atoms with E-state index in [-0.39, 0.29) is 40.2 Å². The lowest BCUT2D eigenvalue weighted by Crippen LogP contribution is -2.20. The molecule has 4 rings (SSSR count). The summed E-state index contributed by atoms with van der Waals surface area (Å²) in [6.07, 6.45) is 1.44. The Kier molecular flexibility index (Phi) is 6.43. The molecule has 35 heavy (non-hydrogen) atoms. The van der Waals surface area contributed by atoms with Crippen molar-refractivity contribution in [2.45, 2.75) is 13.3 Å². The Bertz CT molecular complexity index is 1540. The van der Waals surface area contributed by atoms with Crippen LogP contribution in [0.25, 0.3) is 22.3 Å². The Balaban J connectivity index is 1.67. The maximum absolute atomic E-state index is 14.9. The van der Waals surface area contributed by atoms with Crippen molar-refractivity contribution in [1.29, 1.82) is 0 Å². The van der Waals surface area contributed by atoms with Crippen LogP contribution < -0.4 is 10.0 Å². The van der Waals surface area contributed by atoms with E-state index in [4.69, 9.17) is 0 Å². The molecule has 4 aromatic rings. The fourth-order valence-corrected chi connectivity index (χ4v) is 4.53. The fourth-order valence-electron chi connectivity index (χ4n) is 3.40. The molecule has 2 aromatic carbocycles. The van der Waals surface area contributed by atoms with Crippen molar-refractivity contribution in [2.75, 3.05) is 15.8 Å². The van der Waals surface area contributed by atoms with E-state index in [9.17, 15) is 30.8 Å². The van der Waals surface area contributed by atoms with Gasteiger partial charge in [0.2, 0.25) is 10.0 Å². The molecule has 0 atom stereocenters. The summed E-state index contributed by atoms with van der Waals surface area (Å²) in [5.74, 6) is -5.76. The Morgan fingerprint density at radius 2 is 1.77 bits per heavy atom. The number of fused-ring (bicyclic) bond motifs is 1. The minimum atomic E-state index is -3.89. The summed E-state index contributed by atoms with van der Waals surface area (Å²) in [4.78, 5) is 16.7. The van der Waals surface area contributed by atoms with Gasteiger partial charge in [-0.25, -0.2) is 31.0 Å². The molecule has 0 bridgehead atoms. The summed E-state index contributed by atoms with van der Waals surface area (Å²) >= 11 is 0. The van der Waals surface area contributed by atoms with Gasteiger partial charge in [0, 0.05) is 17.0 Å². The van der Waals surface area contributed by atoms with Crippen molar-refractivity contribution < 1.29 is 30.8 Å². The number of rotatable bonds is 7. The van der Waals surface area contributed by atoms with E-state index >= 15 is 0 Å². The molecule has 13 heteroatoms. The van der Waals surface area contributed by atoms with E-state index in [1.165, 1.54) is 12.3 Å². The van der Waals surface area contributed by atoms with Gasteiger partial charge in [0.05, 0.1) is 23.3 Å². The first-order chi connectivity index (χ1) is 16.6. The molecule has 0 aliphatic rings. The number of carbonyl (C=O) groups excluding carboxylic acids is 1. The minimum absolute atomic E-state index is 0.00204. The number of carbonyl (C=O) groups is 1. The van der Waals surface area contributed by atoms with Gasteiger partial charge in [-0.15, -0.1) is 0 Å². The molecule has 2 heterocycles. The molecular weight excluding hydrogens is 490 g/mol. The first-order valence-corrected chi connectivity index (χ1v) is 11.8. The van der Waals surface area contributed by atoms with Crippen LogP contribution in [0.2, 0.25) is 0 Å². The Morgan fingerprint density at radius 3 is 2.46 bits per heavy atom. The molecular formula is C22H17F4N5O3S. The molecule has 0 spiro atoms. The van der Waals surface area contributed by atoms with Crippen LogP contribution in [0.15, 0.2) is 42.6 Å². The van der Waals surface area contributed by atoms with E-state index in [1.54, 1.807) is 6.92 Å². The Morgan fingerprint density at radius 1 is 1.06 bits per heavy atom. The number of hydrogen-bond donors (Lipinski definition) is 3. The van der Waals surface area contributed by atoms with Gasteiger partial charge < -0.3 is 5.32 Å². The molecule has 2 aromatic heterocycles. The molecule has 0 saturated carbocycles. The number of pyridine rings is 1. The number of sulfonamides is 1. The highest BCUT2D eigenvalue weighted by molar-refractivity contribution is 7.92. The number of benzene rings is 2. The second-order valence-corrected chi connectivity index (χ2v) is 9.35. The van der Waals surface area contributed by atoms with Crippen molar-refractivity contribution in [3.05, 3.63) is 71.4 Å². The zero-order valence-electron chi connectivity index (χ0n) is 18.0. The number of aromatic nitrogens is 3. The predicted octanol–water partition coefficient (Wildman–Crippen LogP) is 4.59. The average molecular weight is 507 g/mol. The van der Waals surface area contributed by atoms with E-state index in [1.807, 2.05) is 4.72 Å². The van der Waals surface area contributed by atoms with Gasteiger partial charge >= 0.3 is 0 Å². The SMILES string of the molecule is CCCS(=O)(=O)Nc1ccc(F)c(C(=O)Nc2cnc3[nH]nc(-c4cc(F)cc(F)c4)c3c2)c1F. The van der Waals surface area contributed by atoms with Crippen LogP contribution in [-0.2, 0) is 10.0 Å². The summed E-state index contributed by atoms with van der Waals surface area (Å²) in [5.41, 5.74) is -1.13. The standard InChI is InChI=1S/C22H17F4N5O3S/c1-2-5-35(33,34)31-17-4-3-16(25)18(19(17)26)22(32)28-14-9-15-20(29-30-21(15)27-10-14)11-6-12(23)8-13(24)7-11/h3-4,6-10,31H,2,5H2,1H3,(H,28,32)(H,27,29,30). The third kappa shape index (κ3) is 5.09. The van der Waals surface area contributed by atoms with E-state index in [0.29, 0.717) is 6.07 Å². The number of aromatic amines is 1. The van der Waals surface area contributed by atoms with E-state index in [0.717, 1.165) is 24.3 Å². The van der Waals surface area contributed by atoms with E-state index in [2.05, 4.69) is 20.5 Å². The number of anilines is 2. The van der Waals surface area contributed by atoms with Gasteiger partial charge in [-0.2, -0.15) is 5.10 Å². The van der Waals surface area contributed by atoms with Gasteiger partial charge in [0.15, 0.2) is 11.5 Å². The molecule has 1 amide bonds. The number of halogens is 4. The average Bonchev–Trinajstić information content (AvgIpc) is 3.18. The monoisotopic (exact) mass is 507 g/mol. The molecule has 0 aliphatic heterocycles. The van der Waals surface area contributed by atoms with Crippen LogP contribution in [-0.4, -0.2) is 35.3 Å². The van der Waals surface area contributed by atoms with Crippen LogP contribution >= 0.6 is 0 Å². The predicted molar refractivity (Wildman–Crippen MR) is 121 cm³/mol. The van der Waals surface area contributed by atoms with Gasteiger partial charge in [0.1, 0.15) is 28.7 Å². The van der Waals surface area contributed by atoms with Crippen molar-refractivity contribution in [3.8, 4) is 11.3 Å². The molecule has 8 nitrogen and oxygen atoms in total. The topological polar surface area (TPSA) is 117 Å². The van der Waals surface area contributed by atoms with Crippen LogP contribution in [0, 0.1) is 23.3 Å². The maximum Gasteiger partial charge on any atom is 0.261 e. The summed E-state index contributed by atoms with van der Waals surface area (Å²) in [6, 6.07) is 5.79. The Labute approximate surface area is 196 Å². The quantitative estimate of drug-likeness (QED) is 0.317. The molecule has 0 radical (unpaired) electrons. The highest BCUT2D eigenvalue weighted by Gasteiger charge is 2.23. The van der Waals surface area contributed by atoms with Gasteiger partial charge in [-0.1, -0.05) is 6.92 Å². The number of H-pyrrole nitrogens is 1. The maximum atomic E-state index is 14.9. The molecule has 182 valence electrons. The van der Waals surface area contributed by atoms with Gasteiger partial charge in [-0.05, 0) is 36.8 Å². The lowest BCUT2D eigenvalue weighted by Gasteiger charge is -2.12. The van der Waals surface area contributed by atoms with Crippen molar-refractivity contribution in [1.82, 2.24) is 15.2 Å². The minimum Gasteiger partial charge on any atom is -0.320 e. The summed E-state index contributed by atoms with van der Waals surface area (Å²) < 4.78 is 82.5. The molecule has 0 fully saturated rings. The van der Waals surface area contributed by atoms with Crippen molar-refractivity contribution in [3.63, 3.8) is 0 Å². The molecule has 0 saturated heterocycles. The lowest BCUT2D eigenvalue weighted by atomic mass is 10.1. The summed E-state index contributed by atoms with van der Waals surface area (Å²) in [5, 5.41) is 9.15. The zero-order valence-corrected chi connectivity index (χ0v) is 18.8. The largest absolute Gasteiger partial charge is 0.320 e. The number of nitrogens with one attached hydrogen (secondary N) is 3. The van der Waals surface area contributed by atoms with E-state index < -0.39 is 50.5 Å². The molecule has 0 unspecified atom stereocenters. The highest BCUT2D eigenvalue weighted by atomic mass is 32.2. The number of amides is 1. The fraction of sp³-hybridized carbons (Fsp3) is 0.136. The van der Waals surface area contributed by atoms with Gasteiger partial charge in [0.25, 0.3) is 5.91 Å². The zero-order chi connectivity index (χ0) is 25.3. The summed E-state index contributed by atoms with van der Waals surface area (Å²) in [7, 11) is -3.89. The molecule has 3 N–H and O–H groups in total. The smallest absolute Gasteiger partial charge is 0.261 e. The number of hydrogen-bond acceptors (Lipinski definition) is 5. The third-order valence-electron chi connectivity index (χ3n) is 4.87.